The first-order valence-electron chi connectivity index (χ1n) is 9.56. The number of anilines is 3. The van der Waals surface area contributed by atoms with Crippen molar-refractivity contribution in [3.05, 3.63) is 42.2 Å². The minimum absolute atomic E-state index is 0.0208. The van der Waals surface area contributed by atoms with Crippen LogP contribution in [0.2, 0.25) is 0 Å². The van der Waals surface area contributed by atoms with E-state index in [0.29, 0.717) is 11.0 Å². The van der Waals surface area contributed by atoms with Gasteiger partial charge in [-0.25, -0.2) is 4.39 Å². The number of nitrogens with zero attached hydrogens (tertiary/aromatic N) is 2. The van der Waals surface area contributed by atoms with E-state index in [1.807, 2.05) is 0 Å². The molecule has 0 saturated carbocycles. The molecule has 3 aromatic rings. The van der Waals surface area contributed by atoms with Gasteiger partial charge in [0.1, 0.15) is 0 Å². The monoisotopic (exact) mass is 466 g/mol. The molecule has 0 aliphatic carbocycles. The first-order valence-corrected chi connectivity index (χ1v) is 9.56. The van der Waals surface area contributed by atoms with Crippen LogP contribution in [0.4, 0.5) is 30.4 Å². The molecule has 0 bridgehead atoms. The van der Waals surface area contributed by atoms with Crippen LogP contribution in [0.5, 0.6) is 5.75 Å². The van der Waals surface area contributed by atoms with Gasteiger partial charge in [-0.15, -0.1) is 0 Å². The standard InChI is InChI=1S/C20H17F3N4O6/c21-12-4-2-10(8-14(12)32-20(22)23)27-5-6-31-16(19(27)30)15(28)18(29)25-9-1-3-11-13(7-9)33-26-17(11)24/h1-4,7-8,15-16,20,28H,5-6H2,(H2,24,26)(H,25,29)/t15?,16-/m1/s1. The summed E-state index contributed by atoms with van der Waals surface area (Å²) in [7, 11) is 0. The summed E-state index contributed by atoms with van der Waals surface area (Å²) in [5.74, 6) is -3.38. The zero-order chi connectivity index (χ0) is 23.7. The van der Waals surface area contributed by atoms with E-state index in [1.54, 1.807) is 6.07 Å². The highest BCUT2D eigenvalue weighted by atomic mass is 19.3. The molecule has 33 heavy (non-hydrogen) atoms. The number of amides is 2. The second-order valence-electron chi connectivity index (χ2n) is 6.99. The Morgan fingerprint density at radius 3 is 2.85 bits per heavy atom. The molecule has 10 nitrogen and oxygen atoms in total. The number of carbonyl (C=O) groups is 2. The highest BCUT2D eigenvalue weighted by molar-refractivity contribution is 6.04. The zero-order valence-corrected chi connectivity index (χ0v) is 16.7. The molecule has 0 radical (unpaired) electrons. The third-order valence-corrected chi connectivity index (χ3v) is 4.89. The lowest BCUT2D eigenvalue weighted by atomic mass is 10.1. The Balaban J connectivity index is 1.49. The van der Waals surface area contributed by atoms with Crippen LogP contribution < -0.4 is 20.7 Å². The van der Waals surface area contributed by atoms with Crippen molar-refractivity contribution in [1.29, 1.82) is 0 Å². The highest BCUT2D eigenvalue weighted by Crippen LogP contribution is 2.29. The molecule has 2 amide bonds. The minimum atomic E-state index is -3.26. The van der Waals surface area contributed by atoms with Crippen molar-refractivity contribution in [2.24, 2.45) is 0 Å². The van der Waals surface area contributed by atoms with Gasteiger partial charge in [0.15, 0.2) is 35.2 Å². The van der Waals surface area contributed by atoms with Gasteiger partial charge >= 0.3 is 6.61 Å². The Hall–Kier alpha value is -3.84. The topological polar surface area (TPSA) is 140 Å². The van der Waals surface area contributed by atoms with Crippen LogP contribution >= 0.6 is 0 Å². The van der Waals surface area contributed by atoms with Gasteiger partial charge in [-0.05, 0) is 24.3 Å². The quantitative estimate of drug-likeness (QED) is 0.500. The van der Waals surface area contributed by atoms with Gasteiger partial charge in [0.25, 0.3) is 11.8 Å². The lowest BCUT2D eigenvalue weighted by molar-refractivity contribution is -0.150. The number of nitrogens with two attached hydrogens (primary N) is 1. The third-order valence-electron chi connectivity index (χ3n) is 4.89. The number of nitrogen functional groups attached to an aromatic ring is 1. The molecular weight excluding hydrogens is 449 g/mol. The van der Waals surface area contributed by atoms with Gasteiger partial charge in [0, 0.05) is 30.1 Å². The Morgan fingerprint density at radius 2 is 2.09 bits per heavy atom. The fourth-order valence-electron chi connectivity index (χ4n) is 3.32. The maximum Gasteiger partial charge on any atom is 0.387 e. The minimum Gasteiger partial charge on any atom is -0.432 e. The molecule has 1 fully saturated rings. The number of morpholine rings is 1. The van der Waals surface area contributed by atoms with Crippen LogP contribution in [-0.2, 0) is 14.3 Å². The first kappa shape index (κ1) is 22.4. The smallest absolute Gasteiger partial charge is 0.387 e. The number of carbonyl (C=O) groups excluding carboxylic acids is 2. The Kier molecular flexibility index (Phi) is 6.07. The van der Waals surface area contributed by atoms with Crippen molar-refractivity contribution in [2.45, 2.75) is 18.8 Å². The summed E-state index contributed by atoms with van der Waals surface area (Å²) in [6.07, 6.45) is -3.50. The molecule has 2 heterocycles. The van der Waals surface area contributed by atoms with Crippen molar-refractivity contribution in [1.82, 2.24) is 5.16 Å². The molecular formula is C20H17F3N4O6. The van der Waals surface area contributed by atoms with Crippen LogP contribution in [0.25, 0.3) is 11.0 Å². The molecule has 4 N–H and O–H groups in total. The number of halogens is 3. The number of hydrogen-bond acceptors (Lipinski definition) is 8. The maximum atomic E-state index is 13.7. The second-order valence-corrected chi connectivity index (χ2v) is 6.99. The number of rotatable bonds is 6. The molecule has 1 aliphatic rings. The van der Waals surface area contributed by atoms with Crippen LogP contribution in [-0.4, -0.2) is 54.0 Å². The third kappa shape index (κ3) is 4.54. The van der Waals surface area contributed by atoms with E-state index >= 15 is 0 Å². The predicted molar refractivity (Wildman–Crippen MR) is 108 cm³/mol. The summed E-state index contributed by atoms with van der Waals surface area (Å²) in [5, 5.41) is 17.0. The number of alkyl halides is 2. The summed E-state index contributed by atoms with van der Waals surface area (Å²) < 4.78 is 53.1. The van der Waals surface area contributed by atoms with Crippen LogP contribution in [0.3, 0.4) is 0 Å². The van der Waals surface area contributed by atoms with Crippen LogP contribution in [0, 0.1) is 5.82 Å². The number of aliphatic hydroxyl groups excluding tert-OH is 1. The second kappa shape index (κ2) is 8.96. The summed E-state index contributed by atoms with van der Waals surface area (Å²) >= 11 is 0. The largest absolute Gasteiger partial charge is 0.432 e. The number of aliphatic hydroxyl groups is 1. The van der Waals surface area contributed by atoms with E-state index in [2.05, 4.69) is 15.2 Å². The van der Waals surface area contributed by atoms with E-state index in [9.17, 15) is 27.9 Å². The number of hydrogen-bond donors (Lipinski definition) is 3. The molecule has 1 saturated heterocycles. The molecule has 0 spiro atoms. The lowest BCUT2D eigenvalue weighted by Gasteiger charge is -2.34. The average Bonchev–Trinajstić information content (AvgIpc) is 3.15. The number of benzene rings is 2. The maximum absolute atomic E-state index is 13.7. The number of aromatic nitrogens is 1. The molecule has 1 unspecified atom stereocenters. The van der Waals surface area contributed by atoms with E-state index in [1.165, 1.54) is 18.2 Å². The van der Waals surface area contributed by atoms with Gasteiger partial charge in [-0.3, -0.25) is 9.59 Å². The number of ether oxygens (including phenoxy) is 2. The zero-order valence-electron chi connectivity index (χ0n) is 16.7. The van der Waals surface area contributed by atoms with Crippen LogP contribution in [0.1, 0.15) is 0 Å². The summed E-state index contributed by atoms with van der Waals surface area (Å²) in [6, 6.07) is 7.45. The van der Waals surface area contributed by atoms with E-state index in [4.69, 9.17) is 15.0 Å². The molecule has 4 rings (SSSR count). The Morgan fingerprint density at radius 1 is 1.30 bits per heavy atom. The molecule has 1 aliphatic heterocycles. The molecule has 174 valence electrons. The molecule has 1 aromatic heterocycles. The number of fused-ring (bicyclic) bond motifs is 1. The first-order chi connectivity index (χ1) is 15.7. The van der Waals surface area contributed by atoms with Crippen LogP contribution in [0.15, 0.2) is 40.9 Å². The summed E-state index contributed by atoms with van der Waals surface area (Å²) in [6.45, 7) is -3.36. The van der Waals surface area contributed by atoms with Gasteiger partial charge in [0.05, 0.1) is 12.0 Å². The highest BCUT2D eigenvalue weighted by Gasteiger charge is 2.39. The molecule has 13 heteroatoms. The lowest BCUT2D eigenvalue weighted by Crippen LogP contribution is -2.55. The van der Waals surface area contributed by atoms with Gasteiger partial charge in [-0.2, -0.15) is 8.78 Å². The van der Waals surface area contributed by atoms with E-state index in [-0.39, 0.29) is 30.3 Å². The van der Waals surface area contributed by atoms with Crippen molar-refractivity contribution in [3.63, 3.8) is 0 Å². The fraction of sp³-hybridized carbons (Fsp3) is 0.250. The van der Waals surface area contributed by atoms with Gasteiger partial charge < -0.3 is 35.1 Å². The molecule has 2 atom stereocenters. The number of nitrogens with one attached hydrogen (secondary N) is 1. The van der Waals surface area contributed by atoms with Crippen molar-refractivity contribution < 1.29 is 41.9 Å². The van der Waals surface area contributed by atoms with Crippen molar-refractivity contribution in [2.75, 3.05) is 29.1 Å². The SMILES string of the molecule is Nc1noc2cc(NC(=O)C(O)[C@H]3OCCN(c4ccc(F)c(OC(F)F)c4)C3=O)ccc12. The summed E-state index contributed by atoms with van der Waals surface area (Å²) in [5.41, 5.74) is 6.21. The Labute approximate surface area is 183 Å². The van der Waals surface area contributed by atoms with Crippen molar-refractivity contribution >= 4 is 40.0 Å². The van der Waals surface area contributed by atoms with Gasteiger partial charge in [0.2, 0.25) is 0 Å². The van der Waals surface area contributed by atoms with Gasteiger partial charge in [-0.1, -0.05) is 5.16 Å². The normalized spacial score (nSPS) is 17.4. The Bertz CT molecular complexity index is 1200. The van der Waals surface area contributed by atoms with Crippen molar-refractivity contribution in [3.8, 4) is 5.75 Å². The van der Waals surface area contributed by atoms with E-state index < -0.39 is 42.2 Å². The fourth-order valence-corrected chi connectivity index (χ4v) is 3.32. The predicted octanol–water partition coefficient (Wildman–Crippen LogP) is 1.88. The van der Waals surface area contributed by atoms with E-state index in [0.717, 1.165) is 17.0 Å². The average molecular weight is 466 g/mol. The molecule has 2 aromatic carbocycles. The summed E-state index contributed by atoms with van der Waals surface area (Å²) in [4.78, 5) is 26.5.